The zero-order chi connectivity index (χ0) is 13.8. The Bertz CT molecular complexity index is 672. The second-order valence-electron chi connectivity index (χ2n) is 4.49. The van der Waals surface area contributed by atoms with Gasteiger partial charge in [0, 0.05) is 5.25 Å². The van der Waals surface area contributed by atoms with Crippen molar-refractivity contribution in [2.75, 3.05) is 0 Å². The minimum Gasteiger partial charge on any atom is -0.431 e. The highest BCUT2D eigenvalue weighted by atomic mass is 32.2. The van der Waals surface area contributed by atoms with Gasteiger partial charge in [0.15, 0.2) is 5.58 Å². The summed E-state index contributed by atoms with van der Waals surface area (Å²) in [4.78, 5) is 4.52. The average molecular weight is 281 g/mol. The molecule has 0 aliphatic rings. The van der Waals surface area contributed by atoms with E-state index in [4.69, 9.17) is 4.42 Å². The molecular weight excluding hydrogens is 266 g/mol. The van der Waals surface area contributed by atoms with Crippen molar-refractivity contribution in [2.45, 2.75) is 16.9 Å². The highest BCUT2D eigenvalue weighted by Gasteiger charge is 2.15. The molecule has 1 atom stereocenters. The van der Waals surface area contributed by atoms with E-state index in [1.54, 1.807) is 11.8 Å². The van der Waals surface area contributed by atoms with E-state index >= 15 is 0 Å². The maximum absolute atomic E-state index is 5.78. The molecule has 0 saturated carbocycles. The van der Waals surface area contributed by atoms with E-state index in [9.17, 15) is 0 Å². The van der Waals surface area contributed by atoms with Crippen LogP contribution in [0.4, 0.5) is 0 Å². The predicted octanol–water partition coefficient (Wildman–Crippen LogP) is 5.24. The zero-order valence-electron chi connectivity index (χ0n) is 11.0. The lowest BCUT2D eigenvalue weighted by molar-refractivity contribution is 0.488. The summed E-state index contributed by atoms with van der Waals surface area (Å²) in [5.74, 6) is 0. The van der Waals surface area contributed by atoms with Gasteiger partial charge in [-0.15, -0.1) is 6.58 Å². The number of fused-ring (bicyclic) bond motifs is 1. The Balaban J connectivity index is 1.87. The summed E-state index contributed by atoms with van der Waals surface area (Å²) in [5, 5.41) is 0.990. The van der Waals surface area contributed by atoms with E-state index in [0.29, 0.717) is 5.22 Å². The van der Waals surface area contributed by atoms with Crippen molar-refractivity contribution in [2.24, 2.45) is 0 Å². The first-order chi connectivity index (χ1) is 9.86. The molecule has 0 saturated heterocycles. The zero-order valence-corrected chi connectivity index (χ0v) is 11.8. The molecule has 0 aliphatic heterocycles. The fraction of sp³-hybridized carbons (Fsp3) is 0.118. The van der Waals surface area contributed by atoms with Crippen LogP contribution >= 0.6 is 11.8 Å². The molecule has 3 heteroatoms. The topological polar surface area (TPSA) is 26.0 Å². The third-order valence-corrected chi connectivity index (χ3v) is 4.19. The van der Waals surface area contributed by atoms with Crippen molar-refractivity contribution in [1.82, 2.24) is 4.98 Å². The lowest BCUT2D eigenvalue weighted by Crippen LogP contribution is -1.92. The van der Waals surface area contributed by atoms with E-state index in [0.717, 1.165) is 17.5 Å². The molecule has 3 rings (SSSR count). The molecule has 0 amide bonds. The van der Waals surface area contributed by atoms with Crippen LogP contribution in [0.3, 0.4) is 0 Å². The number of benzene rings is 2. The number of nitrogens with zero attached hydrogens (tertiary/aromatic N) is 1. The molecule has 2 aromatic carbocycles. The third-order valence-electron chi connectivity index (χ3n) is 3.07. The number of allylic oxidation sites excluding steroid dienone is 1. The minimum atomic E-state index is 0.279. The van der Waals surface area contributed by atoms with Gasteiger partial charge in [-0.1, -0.05) is 60.3 Å². The van der Waals surface area contributed by atoms with Gasteiger partial charge in [0.25, 0.3) is 5.22 Å². The number of hydrogen-bond donors (Lipinski definition) is 0. The van der Waals surface area contributed by atoms with Gasteiger partial charge in [-0.3, -0.25) is 0 Å². The molecule has 0 spiro atoms. The predicted molar refractivity (Wildman–Crippen MR) is 83.9 cm³/mol. The molecule has 2 nitrogen and oxygen atoms in total. The van der Waals surface area contributed by atoms with Crippen LogP contribution in [0, 0.1) is 0 Å². The van der Waals surface area contributed by atoms with E-state index in [-0.39, 0.29) is 5.25 Å². The van der Waals surface area contributed by atoms with Crippen LogP contribution < -0.4 is 0 Å². The Labute approximate surface area is 122 Å². The van der Waals surface area contributed by atoms with Gasteiger partial charge in [-0.25, -0.2) is 4.98 Å². The van der Waals surface area contributed by atoms with Crippen LogP contribution in [-0.2, 0) is 0 Å². The molecule has 1 heterocycles. The maximum Gasteiger partial charge on any atom is 0.257 e. The van der Waals surface area contributed by atoms with Gasteiger partial charge in [0.05, 0.1) is 0 Å². The number of thioether (sulfide) groups is 1. The van der Waals surface area contributed by atoms with Gasteiger partial charge in [0.2, 0.25) is 0 Å². The molecule has 0 bridgehead atoms. The third kappa shape index (κ3) is 2.78. The smallest absolute Gasteiger partial charge is 0.257 e. The molecule has 100 valence electrons. The first-order valence-electron chi connectivity index (χ1n) is 6.55. The first-order valence-corrected chi connectivity index (χ1v) is 7.43. The molecular formula is C17H15NOS. The molecule has 0 fully saturated rings. The van der Waals surface area contributed by atoms with Crippen LogP contribution in [0.5, 0.6) is 0 Å². The Morgan fingerprint density at radius 3 is 2.60 bits per heavy atom. The van der Waals surface area contributed by atoms with Crippen molar-refractivity contribution < 1.29 is 4.42 Å². The Kier molecular flexibility index (Phi) is 3.88. The highest BCUT2D eigenvalue weighted by molar-refractivity contribution is 7.99. The van der Waals surface area contributed by atoms with E-state index in [1.165, 1.54) is 5.56 Å². The van der Waals surface area contributed by atoms with Crippen LogP contribution in [-0.4, -0.2) is 4.98 Å². The van der Waals surface area contributed by atoms with Gasteiger partial charge >= 0.3 is 0 Å². The molecule has 3 aromatic rings. The van der Waals surface area contributed by atoms with Crippen molar-refractivity contribution in [3.05, 3.63) is 72.8 Å². The maximum atomic E-state index is 5.78. The van der Waals surface area contributed by atoms with Crippen molar-refractivity contribution in [3.63, 3.8) is 0 Å². The van der Waals surface area contributed by atoms with E-state index < -0.39 is 0 Å². The summed E-state index contributed by atoms with van der Waals surface area (Å²) < 4.78 is 5.78. The van der Waals surface area contributed by atoms with Gasteiger partial charge in [-0.05, 0) is 24.1 Å². The Morgan fingerprint density at radius 1 is 1.10 bits per heavy atom. The monoisotopic (exact) mass is 281 g/mol. The van der Waals surface area contributed by atoms with E-state index in [2.05, 4.69) is 35.8 Å². The SMILES string of the molecule is C=CCC(Sc1nc2ccccc2o1)c1ccccc1. The molecule has 1 aromatic heterocycles. The second kappa shape index (κ2) is 5.97. The minimum absolute atomic E-state index is 0.279. The number of rotatable bonds is 5. The second-order valence-corrected chi connectivity index (χ2v) is 5.64. The molecule has 0 radical (unpaired) electrons. The van der Waals surface area contributed by atoms with Crippen molar-refractivity contribution in [1.29, 1.82) is 0 Å². The lowest BCUT2D eigenvalue weighted by atomic mass is 10.1. The Hall–Kier alpha value is -2.00. The summed E-state index contributed by atoms with van der Waals surface area (Å²) in [6, 6.07) is 18.2. The highest BCUT2D eigenvalue weighted by Crippen LogP contribution is 2.38. The number of oxazole rings is 1. The van der Waals surface area contributed by atoms with Crippen LogP contribution in [0.2, 0.25) is 0 Å². The number of aromatic nitrogens is 1. The average Bonchev–Trinajstić information content (AvgIpc) is 2.90. The van der Waals surface area contributed by atoms with Gasteiger partial charge in [-0.2, -0.15) is 0 Å². The summed E-state index contributed by atoms with van der Waals surface area (Å²) in [5.41, 5.74) is 3.00. The lowest BCUT2D eigenvalue weighted by Gasteiger charge is -2.12. The molecule has 1 unspecified atom stereocenters. The van der Waals surface area contributed by atoms with Crippen LogP contribution in [0.1, 0.15) is 17.2 Å². The normalized spacial score (nSPS) is 12.4. The number of hydrogen-bond acceptors (Lipinski definition) is 3. The molecule has 0 aliphatic carbocycles. The van der Waals surface area contributed by atoms with Crippen molar-refractivity contribution >= 4 is 22.9 Å². The fourth-order valence-electron chi connectivity index (χ4n) is 2.09. The quantitative estimate of drug-likeness (QED) is 0.472. The van der Waals surface area contributed by atoms with Crippen LogP contribution in [0.25, 0.3) is 11.1 Å². The van der Waals surface area contributed by atoms with Gasteiger partial charge < -0.3 is 4.42 Å². The number of para-hydroxylation sites is 2. The molecule has 0 N–H and O–H groups in total. The summed E-state index contributed by atoms with van der Waals surface area (Å²) in [6.45, 7) is 3.85. The first kappa shape index (κ1) is 13.0. The summed E-state index contributed by atoms with van der Waals surface area (Å²) in [7, 11) is 0. The summed E-state index contributed by atoms with van der Waals surface area (Å²) >= 11 is 1.64. The largest absolute Gasteiger partial charge is 0.431 e. The fourth-order valence-corrected chi connectivity index (χ4v) is 3.15. The van der Waals surface area contributed by atoms with Gasteiger partial charge in [0.1, 0.15) is 5.52 Å². The van der Waals surface area contributed by atoms with Crippen LogP contribution in [0.15, 0.2) is 76.9 Å². The Morgan fingerprint density at radius 2 is 1.85 bits per heavy atom. The van der Waals surface area contributed by atoms with Crippen molar-refractivity contribution in [3.8, 4) is 0 Å². The summed E-state index contributed by atoms with van der Waals surface area (Å²) in [6.07, 6.45) is 2.82. The van der Waals surface area contributed by atoms with E-state index in [1.807, 2.05) is 36.4 Å². The standard InChI is InChI=1S/C17H15NOS/c1-2-8-16(13-9-4-3-5-10-13)20-17-18-14-11-6-7-12-15(14)19-17/h2-7,9-12,16H,1,8H2. The molecule has 20 heavy (non-hydrogen) atoms.